The molecule has 21 heavy (non-hydrogen) atoms. The van der Waals surface area contributed by atoms with Crippen LogP contribution in [0.15, 0.2) is 38.3 Å². The second-order valence-electron chi connectivity index (χ2n) is 4.28. The molecule has 0 aliphatic carbocycles. The summed E-state index contributed by atoms with van der Waals surface area (Å²) in [6, 6.07) is 6.31. The van der Waals surface area contributed by atoms with Gasteiger partial charge in [0, 0.05) is 11.1 Å². The molecule has 0 aliphatic heterocycles. The number of carbonyl (C=O) groups excluding carboxylic acids is 1. The van der Waals surface area contributed by atoms with Crippen molar-refractivity contribution in [3.8, 4) is 0 Å². The summed E-state index contributed by atoms with van der Waals surface area (Å²) in [5.74, 6) is -0.279. The number of carbonyl (C=O) groups is 1. The van der Waals surface area contributed by atoms with Crippen molar-refractivity contribution in [3.63, 3.8) is 0 Å². The smallest absolute Gasteiger partial charge is 0.256 e. The Bertz CT molecular complexity index is 784. The van der Waals surface area contributed by atoms with Crippen molar-refractivity contribution in [2.45, 2.75) is 11.8 Å². The van der Waals surface area contributed by atoms with Gasteiger partial charge in [-0.1, -0.05) is 6.07 Å². The Morgan fingerprint density at radius 3 is 2.57 bits per heavy atom. The van der Waals surface area contributed by atoms with Gasteiger partial charge in [-0.15, -0.1) is 11.3 Å². The number of nitrogens with one attached hydrogen (secondary N) is 2. The van der Waals surface area contributed by atoms with Crippen molar-refractivity contribution >= 4 is 48.9 Å². The van der Waals surface area contributed by atoms with Gasteiger partial charge in [0.15, 0.2) is 0 Å². The van der Waals surface area contributed by atoms with E-state index in [1.54, 1.807) is 24.4 Å². The first kappa shape index (κ1) is 16.2. The van der Waals surface area contributed by atoms with Crippen LogP contribution in [-0.4, -0.2) is 21.4 Å². The molecule has 112 valence electrons. The first-order valence-electron chi connectivity index (χ1n) is 5.93. The molecule has 2 aromatic rings. The van der Waals surface area contributed by atoms with Crippen LogP contribution in [0.5, 0.6) is 0 Å². The summed E-state index contributed by atoms with van der Waals surface area (Å²) in [6.07, 6.45) is 0. The van der Waals surface area contributed by atoms with E-state index in [0.29, 0.717) is 11.3 Å². The van der Waals surface area contributed by atoms with E-state index in [1.165, 1.54) is 30.5 Å². The molecule has 1 aromatic carbocycles. The van der Waals surface area contributed by atoms with Crippen LogP contribution in [0.4, 0.5) is 5.69 Å². The third-order valence-electron chi connectivity index (χ3n) is 2.87. The highest BCUT2D eigenvalue weighted by Gasteiger charge is 2.15. The summed E-state index contributed by atoms with van der Waals surface area (Å²) >= 11 is 4.71. The van der Waals surface area contributed by atoms with E-state index in [4.69, 9.17) is 0 Å². The first-order valence-corrected chi connectivity index (χ1v) is 9.08. The summed E-state index contributed by atoms with van der Waals surface area (Å²) in [4.78, 5) is 12.2. The number of hydrogen-bond donors (Lipinski definition) is 2. The van der Waals surface area contributed by atoms with Gasteiger partial charge in [-0.2, -0.15) is 0 Å². The van der Waals surface area contributed by atoms with E-state index in [9.17, 15) is 13.2 Å². The molecule has 0 fully saturated rings. The lowest BCUT2D eigenvalue weighted by Crippen LogP contribution is -2.19. The second kappa shape index (κ2) is 6.27. The molecule has 0 radical (unpaired) electrons. The molecule has 0 saturated heterocycles. The van der Waals surface area contributed by atoms with Crippen molar-refractivity contribution < 1.29 is 13.2 Å². The fraction of sp³-hybridized carbons (Fsp3) is 0.154. The maximum Gasteiger partial charge on any atom is 0.256 e. The first-order chi connectivity index (χ1) is 9.83. The fourth-order valence-corrected chi connectivity index (χ4v) is 3.54. The number of hydrogen-bond acceptors (Lipinski definition) is 4. The van der Waals surface area contributed by atoms with E-state index in [0.717, 1.165) is 9.35 Å². The zero-order valence-corrected chi connectivity index (χ0v) is 14.5. The van der Waals surface area contributed by atoms with E-state index in [-0.39, 0.29) is 10.8 Å². The van der Waals surface area contributed by atoms with Gasteiger partial charge >= 0.3 is 0 Å². The highest BCUT2D eigenvalue weighted by Crippen LogP contribution is 2.24. The average Bonchev–Trinajstić information content (AvgIpc) is 2.87. The van der Waals surface area contributed by atoms with Gasteiger partial charge in [-0.05, 0) is 53.7 Å². The standard InChI is InChI=1S/C13H13BrN2O3S2/c1-8-3-4-10(21(18,19)15-2)6-11(8)16-13(17)9-5-12(14)20-7-9/h3-7,15H,1-2H3,(H,16,17). The SMILES string of the molecule is CNS(=O)(=O)c1ccc(C)c(NC(=O)c2csc(Br)c2)c1. The maximum atomic E-state index is 12.1. The van der Waals surface area contributed by atoms with Gasteiger partial charge in [0.1, 0.15) is 0 Å². The molecule has 0 spiro atoms. The van der Waals surface area contributed by atoms with E-state index in [2.05, 4.69) is 26.0 Å². The molecule has 2 N–H and O–H groups in total. The Kier molecular flexibility index (Phi) is 4.82. The average molecular weight is 389 g/mol. The molecule has 0 saturated carbocycles. The lowest BCUT2D eigenvalue weighted by Gasteiger charge is -2.10. The Labute approximate surface area is 135 Å². The fourth-order valence-electron chi connectivity index (χ4n) is 1.64. The molecule has 8 heteroatoms. The molecule has 1 amide bonds. The van der Waals surface area contributed by atoms with Crippen LogP contribution in [0.3, 0.4) is 0 Å². The van der Waals surface area contributed by atoms with Crippen molar-refractivity contribution in [3.05, 3.63) is 44.6 Å². The molecule has 1 heterocycles. The summed E-state index contributed by atoms with van der Waals surface area (Å²) in [5, 5.41) is 4.46. The number of rotatable bonds is 4. The minimum Gasteiger partial charge on any atom is -0.322 e. The Hall–Kier alpha value is -1.22. The van der Waals surface area contributed by atoms with Crippen LogP contribution < -0.4 is 10.0 Å². The summed E-state index contributed by atoms with van der Waals surface area (Å²) in [6.45, 7) is 1.80. The predicted octanol–water partition coefficient (Wildman–Crippen LogP) is 2.98. The topological polar surface area (TPSA) is 75.3 Å². The van der Waals surface area contributed by atoms with E-state index < -0.39 is 10.0 Å². The minimum atomic E-state index is -3.54. The molecular formula is C13H13BrN2O3S2. The summed E-state index contributed by atoms with van der Waals surface area (Å²) < 4.78 is 26.7. The number of thiophene rings is 1. The van der Waals surface area contributed by atoms with Gasteiger partial charge in [0.25, 0.3) is 5.91 Å². The van der Waals surface area contributed by atoms with Crippen molar-refractivity contribution in [2.75, 3.05) is 12.4 Å². The highest BCUT2D eigenvalue weighted by molar-refractivity contribution is 9.11. The van der Waals surface area contributed by atoms with Gasteiger partial charge in [0.05, 0.1) is 14.2 Å². The van der Waals surface area contributed by atoms with Crippen LogP contribution in [0.2, 0.25) is 0 Å². The normalized spacial score (nSPS) is 11.4. The van der Waals surface area contributed by atoms with Crippen molar-refractivity contribution in [1.29, 1.82) is 0 Å². The minimum absolute atomic E-state index is 0.109. The molecule has 2 rings (SSSR count). The van der Waals surface area contributed by atoms with E-state index in [1.807, 2.05) is 0 Å². The van der Waals surface area contributed by atoms with Gasteiger partial charge < -0.3 is 5.32 Å². The third-order valence-corrected chi connectivity index (χ3v) is 5.78. The number of anilines is 1. The highest BCUT2D eigenvalue weighted by atomic mass is 79.9. The number of benzene rings is 1. The van der Waals surface area contributed by atoms with Crippen molar-refractivity contribution in [1.82, 2.24) is 4.72 Å². The lowest BCUT2D eigenvalue weighted by molar-refractivity contribution is 0.102. The Morgan fingerprint density at radius 2 is 2.00 bits per heavy atom. The maximum absolute atomic E-state index is 12.1. The number of sulfonamides is 1. The zero-order valence-electron chi connectivity index (χ0n) is 11.3. The predicted molar refractivity (Wildman–Crippen MR) is 87.4 cm³/mol. The Balaban J connectivity index is 2.32. The molecular weight excluding hydrogens is 376 g/mol. The van der Waals surface area contributed by atoms with Crippen LogP contribution in [0, 0.1) is 6.92 Å². The van der Waals surface area contributed by atoms with E-state index >= 15 is 0 Å². The number of aryl methyl sites for hydroxylation is 1. The van der Waals surface area contributed by atoms with Crippen LogP contribution >= 0.6 is 27.3 Å². The summed E-state index contributed by atoms with van der Waals surface area (Å²) in [7, 11) is -2.20. The molecule has 1 aromatic heterocycles. The van der Waals surface area contributed by atoms with Crippen LogP contribution in [0.1, 0.15) is 15.9 Å². The lowest BCUT2D eigenvalue weighted by atomic mass is 10.2. The van der Waals surface area contributed by atoms with Crippen LogP contribution in [-0.2, 0) is 10.0 Å². The molecule has 0 atom stereocenters. The molecule has 5 nitrogen and oxygen atoms in total. The van der Waals surface area contributed by atoms with Gasteiger partial charge in [-0.3, -0.25) is 4.79 Å². The summed E-state index contributed by atoms with van der Waals surface area (Å²) in [5.41, 5.74) is 1.78. The van der Waals surface area contributed by atoms with Crippen LogP contribution in [0.25, 0.3) is 0 Å². The molecule has 0 unspecified atom stereocenters. The van der Waals surface area contributed by atoms with Crippen molar-refractivity contribution in [2.24, 2.45) is 0 Å². The number of amides is 1. The number of halogens is 1. The zero-order chi connectivity index (χ0) is 15.6. The monoisotopic (exact) mass is 388 g/mol. The molecule has 0 aliphatic rings. The van der Waals surface area contributed by atoms with Gasteiger partial charge in [0.2, 0.25) is 10.0 Å². The quantitative estimate of drug-likeness (QED) is 0.844. The Morgan fingerprint density at radius 1 is 1.29 bits per heavy atom. The second-order valence-corrected chi connectivity index (χ2v) is 8.45. The largest absolute Gasteiger partial charge is 0.322 e. The third kappa shape index (κ3) is 3.70. The molecule has 0 bridgehead atoms. The van der Waals surface area contributed by atoms with Gasteiger partial charge in [-0.25, -0.2) is 13.1 Å².